The van der Waals surface area contributed by atoms with Gasteiger partial charge in [0, 0.05) is 11.4 Å². The summed E-state index contributed by atoms with van der Waals surface area (Å²) in [5.74, 6) is 0.644. The average Bonchev–Trinajstić information content (AvgIpc) is 2.91. The summed E-state index contributed by atoms with van der Waals surface area (Å²) in [5, 5.41) is 0.960. The van der Waals surface area contributed by atoms with Gasteiger partial charge >= 0.3 is 5.97 Å². The van der Waals surface area contributed by atoms with Gasteiger partial charge in [0.15, 0.2) is 0 Å². The largest absolute Gasteiger partial charge is 0.463 e. The fraction of sp³-hybridized carbons (Fsp3) is 0.353. The Morgan fingerprint density at radius 2 is 2.14 bits per heavy atom. The molecule has 3 nitrogen and oxygen atoms in total. The number of rotatable bonds is 4. The first-order valence-corrected chi connectivity index (χ1v) is 8.06. The van der Waals surface area contributed by atoms with E-state index in [-0.39, 0.29) is 12.0 Å². The molecule has 1 aliphatic rings. The summed E-state index contributed by atoms with van der Waals surface area (Å²) in [6.07, 6.45) is 1.93. The van der Waals surface area contributed by atoms with Crippen LogP contribution in [0.2, 0.25) is 0 Å². The lowest BCUT2D eigenvalue weighted by molar-refractivity contribution is -0.138. The van der Waals surface area contributed by atoms with E-state index in [1.807, 2.05) is 19.9 Å². The van der Waals surface area contributed by atoms with Crippen molar-refractivity contribution in [2.75, 3.05) is 17.3 Å². The molecule has 1 unspecified atom stereocenters. The molecular formula is C17H21NO2S. The third-order valence-corrected chi connectivity index (χ3v) is 4.71. The van der Waals surface area contributed by atoms with Crippen molar-refractivity contribution >= 4 is 23.4 Å². The number of carbonyl (C=O) groups is 1. The highest BCUT2D eigenvalue weighted by atomic mass is 32.2. The number of hydrogen-bond acceptors (Lipinski definition) is 4. The van der Waals surface area contributed by atoms with Gasteiger partial charge in [-0.15, -0.1) is 18.3 Å². The molecule has 0 bridgehead atoms. The molecule has 0 N–H and O–H groups in total. The first-order valence-electron chi connectivity index (χ1n) is 7.07. The third kappa shape index (κ3) is 3.32. The normalized spacial score (nSPS) is 20.3. The Morgan fingerprint density at radius 3 is 2.71 bits per heavy atom. The number of aryl methyl sites for hydroxylation is 1. The number of thioether (sulfide) groups is 1. The Balaban J connectivity index is 2.41. The van der Waals surface area contributed by atoms with E-state index in [0.717, 1.165) is 16.5 Å². The molecule has 21 heavy (non-hydrogen) atoms. The van der Waals surface area contributed by atoms with E-state index in [4.69, 9.17) is 4.74 Å². The van der Waals surface area contributed by atoms with Gasteiger partial charge in [0.1, 0.15) is 0 Å². The van der Waals surface area contributed by atoms with Crippen LogP contribution in [0.1, 0.15) is 19.4 Å². The van der Waals surface area contributed by atoms with E-state index in [9.17, 15) is 4.79 Å². The lowest BCUT2D eigenvalue weighted by Crippen LogP contribution is -2.29. The highest BCUT2D eigenvalue weighted by Gasteiger charge is 2.31. The molecule has 1 fully saturated rings. The fourth-order valence-electron chi connectivity index (χ4n) is 2.26. The highest BCUT2D eigenvalue weighted by molar-refractivity contribution is 8.03. The summed E-state index contributed by atoms with van der Waals surface area (Å²) in [6, 6.07) is 8.51. The summed E-state index contributed by atoms with van der Waals surface area (Å²) in [6.45, 7) is 10.0. The lowest BCUT2D eigenvalue weighted by atomic mass is 10.1. The van der Waals surface area contributed by atoms with E-state index in [1.54, 1.807) is 11.8 Å². The number of hydrogen-bond donors (Lipinski definition) is 0. The molecule has 1 aromatic rings. The van der Waals surface area contributed by atoms with Crippen molar-refractivity contribution < 1.29 is 9.53 Å². The molecule has 0 amide bonds. The summed E-state index contributed by atoms with van der Waals surface area (Å²) >= 11 is 1.68. The minimum atomic E-state index is -0.248. The second-order valence-electron chi connectivity index (χ2n) is 4.97. The number of anilines is 1. The Morgan fingerprint density at radius 1 is 1.48 bits per heavy atom. The molecule has 4 heteroatoms. The number of carbonyl (C=O) groups excluding carboxylic acids is 1. The maximum Gasteiger partial charge on any atom is 0.336 e. The van der Waals surface area contributed by atoms with Crippen LogP contribution < -0.4 is 4.90 Å². The summed E-state index contributed by atoms with van der Waals surface area (Å²) in [5.41, 5.74) is 2.95. The van der Waals surface area contributed by atoms with Crippen LogP contribution in [0.3, 0.4) is 0 Å². The quantitative estimate of drug-likeness (QED) is 0.479. The molecular weight excluding hydrogens is 282 g/mol. The zero-order valence-corrected chi connectivity index (χ0v) is 13.6. The molecule has 1 saturated heterocycles. The van der Waals surface area contributed by atoms with E-state index in [2.05, 4.69) is 42.7 Å². The molecule has 1 aromatic carbocycles. The van der Waals surface area contributed by atoms with Crippen LogP contribution >= 0.6 is 11.8 Å². The van der Waals surface area contributed by atoms with Crippen LogP contribution in [-0.4, -0.2) is 24.4 Å². The Bertz CT molecular complexity index is 563. The molecule has 1 atom stereocenters. The van der Waals surface area contributed by atoms with Gasteiger partial charge in [-0.05, 0) is 32.9 Å². The van der Waals surface area contributed by atoms with E-state index >= 15 is 0 Å². The van der Waals surface area contributed by atoms with Gasteiger partial charge in [0.05, 0.1) is 23.3 Å². The third-order valence-electron chi connectivity index (χ3n) is 3.43. The standard InChI is InChI=1S/C17H21NO2S/c1-5-14-11-21-16(13(4)17(19)20-6-2)18(14)15-9-7-12(3)8-10-15/h5,7-10,14H,1,6,11H2,2-4H3/b16-13-. The van der Waals surface area contributed by atoms with Crippen molar-refractivity contribution in [1.29, 1.82) is 0 Å². The number of nitrogens with zero attached hydrogens (tertiary/aromatic N) is 1. The molecule has 0 saturated carbocycles. The zero-order valence-electron chi connectivity index (χ0n) is 12.8. The Labute approximate surface area is 130 Å². The molecule has 2 rings (SSSR count). The van der Waals surface area contributed by atoms with Crippen molar-refractivity contribution in [3.63, 3.8) is 0 Å². The predicted octanol–water partition coefficient (Wildman–Crippen LogP) is 3.90. The van der Waals surface area contributed by atoms with Gasteiger partial charge in [-0.25, -0.2) is 4.79 Å². The van der Waals surface area contributed by atoms with Gasteiger partial charge in [-0.3, -0.25) is 0 Å². The van der Waals surface area contributed by atoms with Crippen LogP contribution in [0, 0.1) is 6.92 Å². The van der Waals surface area contributed by atoms with Gasteiger partial charge in [-0.2, -0.15) is 0 Å². The van der Waals surface area contributed by atoms with Crippen LogP contribution in [0.5, 0.6) is 0 Å². The zero-order chi connectivity index (χ0) is 15.4. The van der Waals surface area contributed by atoms with Crippen LogP contribution in [0.25, 0.3) is 0 Å². The monoisotopic (exact) mass is 303 g/mol. The van der Waals surface area contributed by atoms with Crippen molar-refractivity contribution in [3.8, 4) is 0 Å². The van der Waals surface area contributed by atoms with Crippen molar-refractivity contribution in [3.05, 3.63) is 53.1 Å². The minimum Gasteiger partial charge on any atom is -0.463 e. The minimum absolute atomic E-state index is 0.192. The SMILES string of the molecule is C=CC1CS/C(=C(/C)C(=O)OCC)N1c1ccc(C)cc1. The Hall–Kier alpha value is -1.68. The number of ether oxygens (including phenoxy) is 1. The average molecular weight is 303 g/mol. The topological polar surface area (TPSA) is 29.5 Å². The van der Waals surface area contributed by atoms with Crippen LogP contribution in [0.4, 0.5) is 5.69 Å². The summed E-state index contributed by atoms with van der Waals surface area (Å²) < 4.78 is 5.13. The second-order valence-corrected chi connectivity index (χ2v) is 5.98. The van der Waals surface area contributed by atoms with Gasteiger partial charge in [-0.1, -0.05) is 23.8 Å². The molecule has 1 aliphatic heterocycles. The summed E-state index contributed by atoms with van der Waals surface area (Å²) in [7, 11) is 0. The molecule has 0 aromatic heterocycles. The van der Waals surface area contributed by atoms with E-state index in [1.165, 1.54) is 5.56 Å². The highest BCUT2D eigenvalue weighted by Crippen LogP contribution is 2.39. The first kappa shape index (κ1) is 15.7. The van der Waals surface area contributed by atoms with E-state index < -0.39 is 0 Å². The summed E-state index contributed by atoms with van der Waals surface area (Å²) in [4.78, 5) is 14.2. The lowest BCUT2D eigenvalue weighted by Gasteiger charge is -2.26. The van der Waals surface area contributed by atoms with Crippen molar-refractivity contribution in [1.82, 2.24) is 0 Å². The van der Waals surface area contributed by atoms with Crippen LogP contribution in [-0.2, 0) is 9.53 Å². The van der Waals surface area contributed by atoms with Crippen molar-refractivity contribution in [2.45, 2.75) is 26.8 Å². The molecule has 0 spiro atoms. The van der Waals surface area contributed by atoms with Gasteiger partial charge < -0.3 is 9.64 Å². The molecule has 1 heterocycles. The number of benzene rings is 1. The van der Waals surface area contributed by atoms with Crippen molar-refractivity contribution in [2.24, 2.45) is 0 Å². The number of esters is 1. The predicted molar refractivity (Wildman–Crippen MR) is 89.4 cm³/mol. The second kappa shape index (κ2) is 6.85. The Kier molecular flexibility index (Phi) is 5.12. The smallest absolute Gasteiger partial charge is 0.336 e. The first-order chi connectivity index (χ1) is 10.1. The maximum absolute atomic E-state index is 12.0. The van der Waals surface area contributed by atoms with E-state index in [0.29, 0.717) is 12.2 Å². The van der Waals surface area contributed by atoms with Gasteiger partial charge in [0.2, 0.25) is 0 Å². The van der Waals surface area contributed by atoms with Gasteiger partial charge in [0.25, 0.3) is 0 Å². The molecule has 0 aliphatic carbocycles. The van der Waals surface area contributed by atoms with Crippen LogP contribution in [0.15, 0.2) is 47.5 Å². The molecule has 112 valence electrons. The molecule has 0 radical (unpaired) electrons. The maximum atomic E-state index is 12.0. The fourth-order valence-corrected chi connectivity index (χ4v) is 3.56.